The molecule has 7 nitrogen and oxygen atoms in total. The van der Waals surface area contributed by atoms with Crippen molar-refractivity contribution in [1.29, 1.82) is 0 Å². The number of fused-ring (bicyclic) bond motifs is 2. The van der Waals surface area contributed by atoms with Crippen molar-refractivity contribution in [3.8, 4) is 0 Å². The normalized spacial score (nSPS) is 11.3. The number of rotatable bonds is 6. The number of hydrogen-bond acceptors (Lipinski definition) is 4. The van der Waals surface area contributed by atoms with Crippen LogP contribution >= 0.6 is 0 Å². The number of para-hydroxylation sites is 1. The van der Waals surface area contributed by atoms with Gasteiger partial charge in [0.2, 0.25) is 5.91 Å². The summed E-state index contributed by atoms with van der Waals surface area (Å²) in [6.07, 6.45) is 2.96. The molecule has 0 atom stereocenters. The molecule has 0 aliphatic heterocycles. The van der Waals surface area contributed by atoms with Gasteiger partial charge < -0.3 is 5.32 Å². The molecule has 0 radical (unpaired) electrons. The number of aromatic nitrogens is 5. The Balaban J connectivity index is 1.31. The first-order valence-corrected chi connectivity index (χ1v) is 8.70. The Morgan fingerprint density at radius 3 is 2.88 bits per heavy atom. The maximum Gasteiger partial charge on any atom is 0.221 e. The largest absolute Gasteiger partial charge is 0.356 e. The van der Waals surface area contributed by atoms with Crippen LogP contribution in [-0.4, -0.2) is 36.8 Å². The smallest absolute Gasteiger partial charge is 0.221 e. The molecule has 0 saturated carbocycles. The van der Waals surface area contributed by atoms with E-state index in [1.807, 2.05) is 58.6 Å². The topological polar surface area (TPSA) is 77.1 Å². The minimum Gasteiger partial charge on any atom is -0.356 e. The van der Waals surface area contributed by atoms with Crippen LogP contribution < -0.4 is 5.32 Å². The van der Waals surface area contributed by atoms with E-state index in [0.29, 0.717) is 25.9 Å². The van der Waals surface area contributed by atoms with Crippen LogP contribution in [0.25, 0.3) is 16.6 Å². The lowest BCUT2D eigenvalue weighted by Gasteiger charge is -2.06. The minimum absolute atomic E-state index is 0.0102. The molecule has 4 rings (SSSR count). The van der Waals surface area contributed by atoms with Gasteiger partial charge in [-0.2, -0.15) is 5.10 Å². The molecule has 1 aromatic carbocycles. The van der Waals surface area contributed by atoms with Crippen molar-refractivity contribution >= 4 is 22.5 Å². The molecule has 1 N–H and O–H groups in total. The maximum atomic E-state index is 12.2. The Kier molecular flexibility index (Phi) is 4.35. The summed E-state index contributed by atoms with van der Waals surface area (Å²) in [4.78, 5) is 12.2. The monoisotopic (exact) mass is 348 g/mol. The van der Waals surface area contributed by atoms with Gasteiger partial charge in [-0.3, -0.25) is 13.9 Å². The Bertz CT molecular complexity index is 1060. The van der Waals surface area contributed by atoms with Crippen LogP contribution in [0.4, 0.5) is 0 Å². The summed E-state index contributed by atoms with van der Waals surface area (Å²) in [5.41, 5.74) is 2.86. The summed E-state index contributed by atoms with van der Waals surface area (Å²) in [5.74, 6) is 0.852. The van der Waals surface area contributed by atoms with Crippen LogP contribution in [0.5, 0.6) is 0 Å². The summed E-state index contributed by atoms with van der Waals surface area (Å²) in [7, 11) is 0. The van der Waals surface area contributed by atoms with Crippen LogP contribution in [-0.2, 0) is 17.8 Å². The standard InChI is InChI=1S/C19H20N6O/c1-14-15-6-2-3-7-16(15)25(23-14)13-10-19(26)20-11-9-18-22-21-17-8-4-5-12-24(17)18/h2-8,12H,9-11,13H2,1H3,(H,20,26). The molecule has 0 bridgehead atoms. The summed E-state index contributed by atoms with van der Waals surface area (Å²) in [6, 6.07) is 13.8. The van der Waals surface area contributed by atoms with Gasteiger partial charge in [-0.25, -0.2) is 0 Å². The first-order chi connectivity index (χ1) is 12.7. The molecule has 1 amide bonds. The van der Waals surface area contributed by atoms with Gasteiger partial charge in [0.05, 0.1) is 17.8 Å². The van der Waals surface area contributed by atoms with Crippen molar-refractivity contribution in [1.82, 2.24) is 29.7 Å². The van der Waals surface area contributed by atoms with E-state index in [-0.39, 0.29) is 5.91 Å². The van der Waals surface area contributed by atoms with E-state index in [1.165, 1.54) is 0 Å². The molecule has 132 valence electrons. The summed E-state index contributed by atoms with van der Waals surface area (Å²) in [5, 5.41) is 16.9. The van der Waals surface area contributed by atoms with E-state index < -0.39 is 0 Å². The predicted octanol–water partition coefficient (Wildman–Crippen LogP) is 2.14. The van der Waals surface area contributed by atoms with Gasteiger partial charge >= 0.3 is 0 Å². The number of pyridine rings is 1. The highest BCUT2D eigenvalue weighted by Crippen LogP contribution is 2.17. The van der Waals surface area contributed by atoms with E-state index in [0.717, 1.165) is 28.1 Å². The van der Waals surface area contributed by atoms with Crippen LogP contribution in [0.15, 0.2) is 48.7 Å². The average Bonchev–Trinajstić information content (AvgIpc) is 3.22. The molecule has 0 aliphatic carbocycles. The second-order valence-corrected chi connectivity index (χ2v) is 6.22. The van der Waals surface area contributed by atoms with Crippen LogP contribution in [0.3, 0.4) is 0 Å². The number of aryl methyl sites for hydroxylation is 2. The van der Waals surface area contributed by atoms with Crippen molar-refractivity contribution in [3.05, 3.63) is 60.2 Å². The van der Waals surface area contributed by atoms with Crippen LogP contribution in [0.1, 0.15) is 17.9 Å². The quantitative estimate of drug-likeness (QED) is 0.579. The second-order valence-electron chi connectivity index (χ2n) is 6.22. The number of amides is 1. The van der Waals surface area contributed by atoms with Gasteiger partial charge in [-0.05, 0) is 25.1 Å². The number of carbonyl (C=O) groups is 1. The Morgan fingerprint density at radius 1 is 1.12 bits per heavy atom. The summed E-state index contributed by atoms with van der Waals surface area (Å²) >= 11 is 0. The predicted molar refractivity (Wildman–Crippen MR) is 98.8 cm³/mol. The number of carbonyl (C=O) groups excluding carboxylic acids is 1. The second kappa shape index (κ2) is 6.95. The number of hydrogen-bond donors (Lipinski definition) is 1. The molecular formula is C19H20N6O. The molecule has 0 fully saturated rings. The van der Waals surface area contributed by atoms with Gasteiger partial charge in [0, 0.05) is 31.0 Å². The fourth-order valence-corrected chi connectivity index (χ4v) is 3.13. The van der Waals surface area contributed by atoms with Gasteiger partial charge in [0.25, 0.3) is 0 Å². The summed E-state index contributed by atoms with van der Waals surface area (Å²) < 4.78 is 3.83. The van der Waals surface area contributed by atoms with Crippen molar-refractivity contribution < 1.29 is 4.79 Å². The lowest BCUT2D eigenvalue weighted by atomic mass is 10.2. The highest BCUT2D eigenvalue weighted by molar-refractivity contribution is 5.82. The van der Waals surface area contributed by atoms with Crippen molar-refractivity contribution in [2.75, 3.05) is 6.54 Å². The van der Waals surface area contributed by atoms with Crippen LogP contribution in [0.2, 0.25) is 0 Å². The first kappa shape index (κ1) is 16.3. The molecule has 3 heterocycles. The van der Waals surface area contributed by atoms with E-state index in [1.54, 1.807) is 0 Å². The van der Waals surface area contributed by atoms with Gasteiger partial charge in [-0.1, -0.05) is 24.3 Å². The third-order valence-electron chi connectivity index (χ3n) is 4.45. The molecule has 7 heteroatoms. The van der Waals surface area contributed by atoms with Crippen molar-refractivity contribution in [3.63, 3.8) is 0 Å². The van der Waals surface area contributed by atoms with Crippen molar-refractivity contribution in [2.45, 2.75) is 26.3 Å². The molecule has 4 aromatic rings. The van der Waals surface area contributed by atoms with Gasteiger partial charge in [0.15, 0.2) is 5.65 Å². The van der Waals surface area contributed by atoms with Gasteiger partial charge in [0.1, 0.15) is 5.82 Å². The third kappa shape index (κ3) is 3.15. The highest BCUT2D eigenvalue weighted by atomic mass is 16.1. The number of benzene rings is 1. The Hall–Kier alpha value is -3.22. The molecule has 26 heavy (non-hydrogen) atoms. The Morgan fingerprint density at radius 2 is 1.96 bits per heavy atom. The SMILES string of the molecule is Cc1nn(CCC(=O)NCCc2nnc3ccccn23)c2ccccc12. The molecule has 0 saturated heterocycles. The molecule has 0 spiro atoms. The van der Waals surface area contributed by atoms with Gasteiger partial charge in [-0.15, -0.1) is 10.2 Å². The van der Waals surface area contributed by atoms with E-state index in [4.69, 9.17) is 0 Å². The number of nitrogens with zero attached hydrogens (tertiary/aromatic N) is 5. The highest BCUT2D eigenvalue weighted by Gasteiger charge is 2.09. The Labute approximate surface area is 150 Å². The van der Waals surface area contributed by atoms with Crippen molar-refractivity contribution in [2.24, 2.45) is 0 Å². The molecule has 0 unspecified atom stereocenters. The van der Waals surface area contributed by atoms with E-state index in [9.17, 15) is 4.79 Å². The zero-order valence-electron chi connectivity index (χ0n) is 14.6. The van der Waals surface area contributed by atoms with Crippen LogP contribution in [0, 0.1) is 6.92 Å². The third-order valence-corrected chi connectivity index (χ3v) is 4.45. The average molecular weight is 348 g/mol. The lowest BCUT2D eigenvalue weighted by molar-refractivity contribution is -0.121. The zero-order valence-corrected chi connectivity index (χ0v) is 14.6. The maximum absolute atomic E-state index is 12.2. The lowest BCUT2D eigenvalue weighted by Crippen LogP contribution is -2.27. The van der Waals surface area contributed by atoms with E-state index >= 15 is 0 Å². The molecule has 0 aliphatic rings. The summed E-state index contributed by atoms with van der Waals surface area (Å²) in [6.45, 7) is 3.09. The minimum atomic E-state index is 0.0102. The van der Waals surface area contributed by atoms with E-state index in [2.05, 4.69) is 26.7 Å². The fraction of sp³-hybridized carbons (Fsp3) is 0.263. The first-order valence-electron chi connectivity index (χ1n) is 8.70. The molecular weight excluding hydrogens is 328 g/mol. The number of nitrogens with one attached hydrogen (secondary N) is 1. The fourth-order valence-electron chi connectivity index (χ4n) is 3.13. The molecule has 3 aromatic heterocycles. The zero-order chi connectivity index (χ0) is 17.9.